The highest BCUT2D eigenvalue weighted by molar-refractivity contribution is 6.04. The van der Waals surface area contributed by atoms with Gasteiger partial charge in [-0.2, -0.15) is 0 Å². The van der Waals surface area contributed by atoms with Crippen molar-refractivity contribution in [3.8, 4) is 0 Å². The van der Waals surface area contributed by atoms with Crippen LogP contribution in [0.1, 0.15) is 10.4 Å². The van der Waals surface area contributed by atoms with Crippen LogP contribution in [-0.4, -0.2) is 26.0 Å². The summed E-state index contributed by atoms with van der Waals surface area (Å²) in [7, 11) is 3.73. The normalized spacial score (nSPS) is 9.47. The summed E-state index contributed by atoms with van der Waals surface area (Å²) in [6.07, 6.45) is 0. The summed E-state index contributed by atoms with van der Waals surface area (Å²) < 4.78 is 0. The smallest absolute Gasteiger partial charge is 0.319 e. The molecule has 3 N–H and O–H groups in total. The van der Waals surface area contributed by atoms with Crippen LogP contribution < -0.4 is 16.0 Å². The molecule has 0 aromatic heterocycles. The van der Waals surface area contributed by atoms with E-state index >= 15 is 0 Å². The summed E-state index contributed by atoms with van der Waals surface area (Å²) in [4.78, 5) is 23.7. The second-order valence-corrected chi connectivity index (χ2v) is 3.26. The number of primary amides is 1. The molecule has 0 aliphatic heterocycles. The molecule has 0 saturated carbocycles. The van der Waals surface area contributed by atoms with Gasteiger partial charge in [0.25, 0.3) is 5.91 Å². The Bertz CT molecular complexity index is 388. The molecule has 0 bridgehead atoms. The average molecular weight is 207 g/mol. The first-order valence-corrected chi connectivity index (χ1v) is 4.39. The maximum absolute atomic E-state index is 11.4. The Morgan fingerprint density at radius 1 is 1.33 bits per heavy atom. The number of imide groups is 1. The van der Waals surface area contributed by atoms with Crippen molar-refractivity contribution in [2.75, 3.05) is 19.0 Å². The second kappa shape index (κ2) is 4.45. The molecule has 0 spiro atoms. The summed E-state index contributed by atoms with van der Waals surface area (Å²) >= 11 is 0. The number of hydrogen-bond donors (Lipinski definition) is 2. The Hall–Kier alpha value is -2.04. The number of carbonyl (C=O) groups excluding carboxylic acids is 2. The summed E-state index contributed by atoms with van der Waals surface area (Å²) in [5.74, 6) is -0.494. The number of carbonyl (C=O) groups is 2. The molecular weight excluding hydrogens is 194 g/mol. The fourth-order valence-electron chi connectivity index (χ4n) is 1.11. The molecule has 0 saturated heterocycles. The maximum atomic E-state index is 11.4. The van der Waals surface area contributed by atoms with E-state index in [1.165, 1.54) is 0 Å². The Morgan fingerprint density at radius 3 is 2.53 bits per heavy atom. The van der Waals surface area contributed by atoms with Crippen LogP contribution in [0, 0.1) is 0 Å². The fraction of sp³-hybridized carbons (Fsp3) is 0.200. The third kappa shape index (κ3) is 2.98. The first-order valence-electron chi connectivity index (χ1n) is 4.39. The number of benzene rings is 1. The SMILES string of the molecule is CN(C)c1cccc(C(=O)NC(N)=O)c1. The number of anilines is 1. The molecule has 1 aromatic carbocycles. The van der Waals surface area contributed by atoms with Crippen molar-refractivity contribution in [2.24, 2.45) is 5.73 Å². The van der Waals surface area contributed by atoms with Crippen LogP contribution in [-0.2, 0) is 0 Å². The predicted octanol–water partition coefficient (Wildman–Crippen LogP) is 0.561. The first kappa shape index (κ1) is 11.0. The lowest BCUT2D eigenvalue weighted by Crippen LogP contribution is -2.34. The zero-order valence-electron chi connectivity index (χ0n) is 8.65. The van der Waals surface area contributed by atoms with Gasteiger partial charge in [-0.25, -0.2) is 4.79 Å². The molecule has 0 heterocycles. The first-order chi connectivity index (χ1) is 7.00. The zero-order valence-corrected chi connectivity index (χ0v) is 8.65. The number of urea groups is 1. The quantitative estimate of drug-likeness (QED) is 0.744. The van der Waals surface area contributed by atoms with Crippen LogP contribution in [0.4, 0.5) is 10.5 Å². The van der Waals surface area contributed by atoms with Gasteiger partial charge in [-0.15, -0.1) is 0 Å². The van der Waals surface area contributed by atoms with E-state index in [0.29, 0.717) is 5.56 Å². The van der Waals surface area contributed by atoms with Gasteiger partial charge < -0.3 is 10.6 Å². The van der Waals surface area contributed by atoms with Gasteiger partial charge in [0, 0.05) is 25.3 Å². The summed E-state index contributed by atoms with van der Waals surface area (Å²) in [5.41, 5.74) is 6.13. The third-order valence-electron chi connectivity index (χ3n) is 1.86. The van der Waals surface area contributed by atoms with E-state index in [1.807, 2.05) is 30.4 Å². The highest BCUT2D eigenvalue weighted by atomic mass is 16.2. The molecule has 15 heavy (non-hydrogen) atoms. The van der Waals surface area contributed by atoms with E-state index < -0.39 is 11.9 Å². The van der Waals surface area contributed by atoms with Crippen LogP contribution in [0.5, 0.6) is 0 Å². The minimum atomic E-state index is -0.852. The van der Waals surface area contributed by atoms with Crippen molar-refractivity contribution in [1.82, 2.24) is 5.32 Å². The predicted molar refractivity (Wildman–Crippen MR) is 57.8 cm³/mol. The molecule has 1 rings (SSSR count). The van der Waals surface area contributed by atoms with Gasteiger partial charge in [0.15, 0.2) is 0 Å². The third-order valence-corrected chi connectivity index (χ3v) is 1.86. The Balaban J connectivity index is 2.90. The van der Waals surface area contributed by atoms with E-state index in [4.69, 9.17) is 5.73 Å². The van der Waals surface area contributed by atoms with Crippen LogP contribution in [0.25, 0.3) is 0 Å². The Kier molecular flexibility index (Phi) is 3.28. The molecular formula is C10H13N3O2. The van der Waals surface area contributed by atoms with E-state index in [0.717, 1.165) is 5.69 Å². The average Bonchev–Trinajstić information content (AvgIpc) is 2.17. The van der Waals surface area contributed by atoms with E-state index in [2.05, 4.69) is 0 Å². The van der Waals surface area contributed by atoms with Crippen LogP contribution >= 0.6 is 0 Å². The van der Waals surface area contributed by atoms with Gasteiger partial charge in [0.05, 0.1) is 0 Å². The topological polar surface area (TPSA) is 75.4 Å². The molecule has 0 atom stereocenters. The number of amides is 3. The molecule has 1 aromatic rings. The van der Waals surface area contributed by atoms with Gasteiger partial charge in [-0.05, 0) is 18.2 Å². The molecule has 0 aliphatic rings. The van der Waals surface area contributed by atoms with Crippen molar-refractivity contribution in [1.29, 1.82) is 0 Å². The van der Waals surface area contributed by atoms with Crippen molar-refractivity contribution in [2.45, 2.75) is 0 Å². The number of nitrogens with zero attached hydrogens (tertiary/aromatic N) is 1. The van der Waals surface area contributed by atoms with E-state index in [1.54, 1.807) is 18.2 Å². The molecule has 3 amide bonds. The van der Waals surface area contributed by atoms with Gasteiger partial charge in [-0.3, -0.25) is 10.1 Å². The lowest BCUT2D eigenvalue weighted by Gasteiger charge is -2.12. The molecule has 0 fully saturated rings. The molecule has 0 radical (unpaired) electrons. The summed E-state index contributed by atoms with van der Waals surface area (Å²) in [6, 6.07) is 6.05. The van der Waals surface area contributed by atoms with Gasteiger partial charge >= 0.3 is 6.03 Å². The van der Waals surface area contributed by atoms with E-state index in [9.17, 15) is 9.59 Å². The number of nitrogens with one attached hydrogen (secondary N) is 1. The molecule has 0 aliphatic carbocycles. The van der Waals surface area contributed by atoms with Crippen LogP contribution in [0.15, 0.2) is 24.3 Å². The molecule has 5 heteroatoms. The molecule has 0 unspecified atom stereocenters. The van der Waals surface area contributed by atoms with Gasteiger partial charge in [-0.1, -0.05) is 6.07 Å². The minimum Gasteiger partial charge on any atom is -0.378 e. The van der Waals surface area contributed by atoms with Crippen LogP contribution in [0.3, 0.4) is 0 Å². The van der Waals surface area contributed by atoms with Crippen LogP contribution in [0.2, 0.25) is 0 Å². The van der Waals surface area contributed by atoms with Crippen molar-refractivity contribution in [3.63, 3.8) is 0 Å². The standard InChI is InChI=1S/C10H13N3O2/c1-13(2)8-5-3-4-7(6-8)9(14)12-10(11)15/h3-6H,1-2H3,(H3,11,12,14,15). The summed E-state index contributed by atoms with van der Waals surface area (Å²) in [6.45, 7) is 0. The molecule has 5 nitrogen and oxygen atoms in total. The lowest BCUT2D eigenvalue weighted by molar-refractivity contribution is 0.0966. The number of nitrogens with two attached hydrogens (primary N) is 1. The zero-order chi connectivity index (χ0) is 11.4. The lowest BCUT2D eigenvalue weighted by atomic mass is 10.2. The maximum Gasteiger partial charge on any atom is 0.319 e. The summed E-state index contributed by atoms with van der Waals surface area (Å²) in [5, 5.41) is 2.01. The number of rotatable bonds is 2. The van der Waals surface area contributed by atoms with Gasteiger partial charge in [0.2, 0.25) is 0 Å². The number of hydrogen-bond acceptors (Lipinski definition) is 3. The van der Waals surface area contributed by atoms with Crippen molar-refractivity contribution >= 4 is 17.6 Å². The second-order valence-electron chi connectivity index (χ2n) is 3.26. The van der Waals surface area contributed by atoms with E-state index in [-0.39, 0.29) is 0 Å². The van der Waals surface area contributed by atoms with Gasteiger partial charge in [0.1, 0.15) is 0 Å². The molecule has 80 valence electrons. The fourth-order valence-corrected chi connectivity index (χ4v) is 1.11. The van der Waals surface area contributed by atoms with Crippen molar-refractivity contribution < 1.29 is 9.59 Å². The monoisotopic (exact) mass is 207 g/mol. The Morgan fingerprint density at radius 2 is 2.00 bits per heavy atom. The highest BCUT2D eigenvalue weighted by Crippen LogP contribution is 2.12. The highest BCUT2D eigenvalue weighted by Gasteiger charge is 2.08. The minimum absolute atomic E-state index is 0.403. The van der Waals surface area contributed by atoms with Crippen molar-refractivity contribution in [3.05, 3.63) is 29.8 Å². The largest absolute Gasteiger partial charge is 0.378 e. The Labute approximate surface area is 87.9 Å².